The van der Waals surface area contributed by atoms with Crippen molar-refractivity contribution in [1.29, 1.82) is 0 Å². The van der Waals surface area contributed by atoms with Crippen LogP contribution in [0.4, 0.5) is 0 Å². The van der Waals surface area contributed by atoms with Crippen LogP contribution in [0.5, 0.6) is 0 Å². The van der Waals surface area contributed by atoms with Crippen molar-refractivity contribution in [2.75, 3.05) is 0 Å². The Bertz CT molecular complexity index is 175. The maximum atomic E-state index is 10.9. The molecule has 0 aromatic rings. The van der Waals surface area contributed by atoms with Crippen LogP contribution < -0.4 is 5.73 Å². The molecule has 0 spiro atoms. The SMILES string of the molecule is CCC(N)(C(=O)O)C1CCCC1. The van der Waals surface area contributed by atoms with Gasteiger partial charge in [-0.25, -0.2) is 0 Å². The zero-order valence-corrected chi connectivity index (χ0v) is 7.55. The fourth-order valence-electron chi connectivity index (χ4n) is 2.06. The summed E-state index contributed by atoms with van der Waals surface area (Å²) in [6.45, 7) is 1.85. The van der Waals surface area contributed by atoms with Crippen LogP contribution >= 0.6 is 0 Å². The highest BCUT2D eigenvalue weighted by Crippen LogP contribution is 2.34. The number of nitrogens with two attached hydrogens (primary N) is 1. The Morgan fingerprint density at radius 2 is 2.08 bits per heavy atom. The average Bonchev–Trinajstić information content (AvgIpc) is 2.54. The molecule has 1 rings (SSSR count). The van der Waals surface area contributed by atoms with E-state index in [-0.39, 0.29) is 5.92 Å². The van der Waals surface area contributed by atoms with Crippen molar-refractivity contribution in [3.05, 3.63) is 0 Å². The van der Waals surface area contributed by atoms with Crippen LogP contribution in [-0.4, -0.2) is 16.6 Å². The zero-order valence-electron chi connectivity index (χ0n) is 7.55. The Hall–Kier alpha value is -0.570. The first kappa shape index (κ1) is 9.52. The van der Waals surface area contributed by atoms with Gasteiger partial charge in [0.2, 0.25) is 0 Å². The Morgan fingerprint density at radius 1 is 1.58 bits per heavy atom. The Balaban J connectivity index is 2.70. The summed E-state index contributed by atoms with van der Waals surface area (Å²) in [6.07, 6.45) is 4.77. The molecule has 3 N–H and O–H groups in total. The topological polar surface area (TPSA) is 63.3 Å². The zero-order chi connectivity index (χ0) is 9.19. The first-order chi connectivity index (χ1) is 5.61. The maximum absolute atomic E-state index is 10.9. The number of hydrogen-bond donors (Lipinski definition) is 2. The van der Waals surface area contributed by atoms with Gasteiger partial charge in [-0.2, -0.15) is 0 Å². The molecule has 1 atom stereocenters. The van der Waals surface area contributed by atoms with Crippen LogP contribution in [0.2, 0.25) is 0 Å². The molecule has 0 amide bonds. The van der Waals surface area contributed by atoms with E-state index in [9.17, 15) is 4.79 Å². The highest BCUT2D eigenvalue weighted by Gasteiger charge is 2.41. The molecule has 0 aromatic carbocycles. The van der Waals surface area contributed by atoms with Crippen LogP contribution in [0, 0.1) is 5.92 Å². The van der Waals surface area contributed by atoms with E-state index in [0.29, 0.717) is 6.42 Å². The van der Waals surface area contributed by atoms with E-state index in [1.165, 1.54) is 0 Å². The van der Waals surface area contributed by atoms with Crippen molar-refractivity contribution in [1.82, 2.24) is 0 Å². The van der Waals surface area contributed by atoms with Gasteiger partial charge < -0.3 is 10.8 Å². The van der Waals surface area contributed by atoms with Gasteiger partial charge in [-0.15, -0.1) is 0 Å². The van der Waals surface area contributed by atoms with Gasteiger partial charge in [0.1, 0.15) is 5.54 Å². The third kappa shape index (κ3) is 1.46. The van der Waals surface area contributed by atoms with Crippen LogP contribution in [0.1, 0.15) is 39.0 Å². The van der Waals surface area contributed by atoms with E-state index in [1.54, 1.807) is 0 Å². The first-order valence-electron chi connectivity index (χ1n) is 4.63. The molecule has 3 nitrogen and oxygen atoms in total. The summed E-state index contributed by atoms with van der Waals surface area (Å²) >= 11 is 0. The third-order valence-corrected chi connectivity index (χ3v) is 3.07. The molecule has 70 valence electrons. The highest BCUT2D eigenvalue weighted by molar-refractivity contribution is 5.78. The second-order valence-electron chi connectivity index (χ2n) is 3.68. The summed E-state index contributed by atoms with van der Waals surface area (Å²) in [4.78, 5) is 10.9. The fraction of sp³-hybridized carbons (Fsp3) is 0.889. The molecule has 1 aliphatic rings. The van der Waals surface area contributed by atoms with E-state index >= 15 is 0 Å². The van der Waals surface area contributed by atoms with Gasteiger partial charge in [-0.3, -0.25) is 4.79 Å². The smallest absolute Gasteiger partial charge is 0.323 e. The monoisotopic (exact) mass is 171 g/mol. The minimum Gasteiger partial charge on any atom is -0.480 e. The Kier molecular flexibility index (Phi) is 2.73. The third-order valence-electron chi connectivity index (χ3n) is 3.07. The van der Waals surface area contributed by atoms with Crippen molar-refractivity contribution >= 4 is 5.97 Å². The number of carboxylic acid groups (broad SMARTS) is 1. The van der Waals surface area contributed by atoms with E-state index in [2.05, 4.69) is 0 Å². The quantitative estimate of drug-likeness (QED) is 0.674. The van der Waals surface area contributed by atoms with Gasteiger partial charge in [0.15, 0.2) is 0 Å². The molecular formula is C9H17NO2. The molecule has 1 fully saturated rings. The average molecular weight is 171 g/mol. The van der Waals surface area contributed by atoms with Gasteiger partial charge >= 0.3 is 5.97 Å². The lowest BCUT2D eigenvalue weighted by Crippen LogP contribution is -2.52. The highest BCUT2D eigenvalue weighted by atomic mass is 16.4. The molecule has 1 saturated carbocycles. The number of carbonyl (C=O) groups is 1. The second kappa shape index (κ2) is 3.44. The fourth-order valence-corrected chi connectivity index (χ4v) is 2.06. The molecule has 12 heavy (non-hydrogen) atoms. The number of aliphatic carboxylic acids is 1. The van der Waals surface area contributed by atoms with E-state index in [1.807, 2.05) is 6.92 Å². The molecule has 0 radical (unpaired) electrons. The molecule has 0 saturated heterocycles. The van der Waals surface area contributed by atoms with Gasteiger partial charge in [0.05, 0.1) is 0 Å². The van der Waals surface area contributed by atoms with Crippen LogP contribution in [0.15, 0.2) is 0 Å². The summed E-state index contributed by atoms with van der Waals surface area (Å²) in [6, 6.07) is 0. The standard InChI is InChI=1S/C9H17NO2/c1-2-9(10,8(11)12)7-5-3-4-6-7/h7H,2-6,10H2,1H3,(H,11,12). The minimum atomic E-state index is -0.962. The van der Waals surface area contributed by atoms with Crippen molar-refractivity contribution in [3.8, 4) is 0 Å². The Labute approximate surface area is 72.9 Å². The lowest BCUT2D eigenvalue weighted by atomic mass is 9.81. The number of hydrogen-bond acceptors (Lipinski definition) is 2. The molecule has 0 aromatic heterocycles. The van der Waals surface area contributed by atoms with Crippen molar-refractivity contribution < 1.29 is 9.90 Å². The lowest BCUT2D eigenvalue weighted by Gasteiger charge is -2.29. The predicted octanol–water partition coefficient (Wildman–Crippen LogP) is 1.37. The summed E-state index contributed by atoms with van der Waals surface area (Å²) in [5, 5.41) is 8.97. The first-order valence-corrected chi connectivity index (χ1v) is 4.63. The summed E-state index contributed by atoms with van der Waals surface area (Å²) in [5.41, 5.74) is 4.88. The Morgan fingerprint density at radius 3 is 2.42 bits per heavy atom. The molecule has 0 bridgehead atoms. The van der Waals surface area contributed by atoms with Gasteiger partial charge in [-0.05, 0) is 25.2 Å². The van der Waals surface area contributed by atoms with Crippen LogP contribution in [-0.2, 0) is 4.79 Å². The van der Waals surface area contributed by atoms with Crippen LogP contribution in [0.25, 0.3) is 0 Å². The molecular weight excluding hydrogens is 154 g/mol. The lowest BCUT2D eigenvalue weighted by molar-refractivity contribution is -0.145. The van der Waals surface area contributed by atoms with Gasteiger partial charge in [0, 0.05) is 0 Å². The van der Waals surface area contributed by atoms with Gasteiger partial charge in [0.25, 0.3) is 0 Å². The predicted molar refractivity (Wildman–Crippen MR) is 46.8 cm³/mol. The van der Waals surface area contributed by atoms with Crippen molar-refractivity contribution in [3.63, 3.8) is 0 Å². The normalized spacial score (nSPS) is 23.8. The molecule has 0 aliphatic heterocycles. The molecule has 0 heterocycles. The van der Waals surface area contributed by atoms with E-state index in [0.717, 1.165) is 25.7 Å². The van der Waals surface area contributed by atoms with E-state index in [4.69, 9.17) is 10.8 Å². The maximum Gasteiger partial charge on any atom is 0.323 e. The molecule has 1 unspecified atom stereocenters. The van der Waals surface area contributed by atoms with Crippen molar-refractivity contribution in [2.24, 2.45) is 11.7 Å². The number of carboxylic acids is 1. The second-order valence-corrected chi connectivity index (χ2v) is 3.68. The van der Waals surface area contributed by atoms with E-state index < -0.39 is 11.5 Å². The molecule has 1 aliphatic carbocycles. The summed E-state index contributed by atoms with van der Waals surface area (Å²) < 4.78 is 0. The van der Waals surface area contributed by atoms with Crippen molar-refractivity contribution in [2.45, 2.75) is 44.6 Å². The molecule has 3 heteroatoms. The van der Waals surface area contributed by atoms with Gasteiger partial charge in [-0.1, -0.05) is 19.8 Å². The largest absolute Gasteiger partial charge is 0.480 e. The number of rotatable bonds is 3. The van der Waals surface area contributed by atoms with Crippen LogP contribution in [0.3, 0.4) is 0 Å². The summed E-state index contributed by atoms with van der Waals surface area (Å²) in [5.74, 6) is -0.642. The summed E-state index contributed by atoms with van der Waals surface area (Å²) in [7, 11) is 0. The minimum absolute atomic E-state index is 0.194.